The Kier molecular flexibility index (Phi) is 6.27. The lowest BCUT2D eigenvalue weighted by molar-refractivity contribution is -0.138. The van der Waals surface area contributed by atoms with E-state index in [4.69, 9.17) is 28.4 Å². The zero-order chi connectivity index (χ0) is 21.8. The summed E-state index contributed by atoms with van der Waals surface area (Å²) in [5.74, 6) is 1.31. The van der Waals surface area contributed by atoms with Gasteiger partial charge in [0.05, 0.1) is 26.9 Å². The van der Waals surface area contributed by atoms with Gasteiger partial charge in [0.25, 0.3) is 0 Å². The van der Waals surface area contributed by atoms with Crippen molar-refractivity contribution in [3.05, 3.63) is 46.7 Å². The number of benzene rings is 2. The normalized spacial score (nSPS) is 13.6. The van der Waals surface area contributed by atoms with Crippen LogP contribution in [-0.2, 0) is 9.53 Å². The lowest BCUT2D eigenvalue weighted by Crippen LogP contribution is -2.14. The van der Waals surface area contributed by atoms with Crippen molar-refractivity contribution in [2.75, 3.05) is 35.0 Å². The Balaban J connectivity index is 1.95. The summed E-state index contributed by atoms with van der Waals surface area (Å²) in [7, 11) is 5.94. The van der Waals surface area contributed by atoms with E-state index in [-0.39, 0.29) is 18.1 Å². The van der Waals surface area contributed by atoms with E-state index >= 15 is 0 Å². The highest BCUT2D eigenvalue weighted by atomic mass is 16.6. The number of allylic oxidation sites excluding steroid dienone is 1. The summed E-state index contributed by atoms with van der Waals surface area (Å²) < 4.78 is 31.8. The number of carbonyl (C=O) groups is 2. The van der Waals surface area contributed by atoms with E-state index in [0.29, 0.717) is 45.4 Å². The van der Waals surface area contributed by atoms with Gasteiger partial charge in [0.15, 0.2) is 17.3 Å². The van der Waals surface area contributed by atoms with Crippen molar-refractivity contribution < 1.29 is 38.0 Å². The molecular weight excluding hydrogens is 392 g/mol. The molecule has 0 atom stereocenters. The van der Waals surface area contributed by atoms with Gasteiger partial charge in [0, 0.05) is 12.7 Å². The number of methoxy groups -OCH3 is 4. The van der Waals surface area contributed by atoms with Gasteiger partial charge < -0.3 is 28.4 Å². The van der Waals surface area contributed by atoms with Crippen molar-refractivity contribution in [1.29, 1.82) is 0 Å². The molecule has 0 fully saturated rings. The summed E-state index contributed by atoms with van der Waals surface area (Å²) in [4.78, 5) is 24.5. The van der Waals surface area contributed by atoms with Crippen LogP contribution in [0, 0.1) is 6.92 Å². The zero-order valence-corrected chi connectivity index (χ0v) is 17.4. The average molecular weight is 414 g/mol. The van der Waals surface area contributed by atoms with Gasteiger partial charge in [-0.15, -0.1) is 0 Å². The minimum atomic E-state index is -0.543. The summed E-state index contributed by atoms with van der Waals surface area (Å²) in [5, 5.41) is 0. The van der Waals surface area contributed by atoms with Crippen LogP contribution in [0.15, 0.2) is 30.0 Å². The first kappa shape index (κ1) is 21.2. The van der Waals surface area contributed by atoms with Crippen LogP contribution in [0.5, 0.6) is 28.7 Å². The van der Waals surface area contributed by atoms with E-state index in [1.54, 1.807) is 37.3 Å². The standard InChI is InChI=1S/C22H22O8/c1-12-15(29-19(23)11-25-2)7-6-14-20(24)16(30-21(12)14)8-13-9-17(26-3)22(28-5)18(10-13)27-4/h6-10H,11H2,1-5H3/b16-8-. The molecule has 0 amide bonds. The van der Waals surface area contributed by atoms with Crippen molar-refractivity contribution in [2.24, 2.45) is 0 Å². The van der Waals surface area contributed by atoms with Gasteiger partial charge in [-0.1, -0.05) is 0 Å². The van der Waals surface area contributed by atoms with Crippen molar-refractivity contribution in [3.63, 3.8) is 0 Å². The lowest BCUT2D eigenvalue weighted by atomic mass is 10.1. The largest absolute Gasteiger partial charge is 0.493 e. The molecule has 158 valence electrons. The van der Waals surface area contributed by atoms with Crippen LogP contribution in [0.4, 0.5) is 0 Å². The Hall–Kier alpha value is -3.52. The molecule has 2 aromatic rings. The third-order valence-corrected chi connectivity index (χ3v) is 4.51. The molecule has 3 rings (SSSR count). The molecule has 0 unspecified atom stereocenters. The Morgan fingerprint density at radius 3 is 2.23 bits per heavy atom. The molecule has 0 bridgehead atoms. The lowest BCUT2D eigenvalue weighted by Gasteiger charge is -2.13. The molecular formula is C22H22O8. The fourth-order valence-corrected chi connectivity index (χ4v) is 3.08. The highest BCUT2D eigenvalue weighted by Crippen LogP contribution is 2.41. The highest BCUT2D eigenvalue weighted by molar-refractivity contribution is 6.15. The van der Waals surface area contributed by atoms with Gasteiger partial charge in [-0.25, -0.2) is 4.79 Å². The molecule has 0 saturated carbocycles. The Labute approximate surface area is 173 Å². The number of carbonyl (C=O) groups excluding carboxylic acids is 2. The number of esters is 1. The number of hydrogen-bond acceptors (Lipinski definition) is 8. The van der Waals surface area contributed by atoms with Crippen LogP contribution in [0.25, 0.3) is 6.08 Å². The molecule has 1 aliphatic rings. The number of hydrogen-bond donors (Lipinski definition) is 0. The Morgan fingerprint density at radius 2 is 1.67 bits per heavy atom. The first-order valence-electron chi connectivity index (χ1n) is 9.01. The molecule has 0 aromatic heterocycles. The molecule has 0 radical (unpaired) electrons. The van der Waals surface area contributed by atoms with Gasteiger partial charge in [0.1, 0.15) is 18.1 Å². The predicted octanol–water partition coefficient (Wildman–Crippen LogP) is 3.19. The fourth-order valence-electron chi connectivity index (χ4n) is 3.08. The first-order chi connectivity index (χ1) is 14.4. The van der Waals surface area contributed by atoms with Crippen LogP contribution in [0.2, 0.25) is 0 Å². The summed E-state index contributed by atoms with van der Waals surface area (Å²) in [6.45, 7) is 1.53. The topological polar surface area (TPSA) is 89.5 Å². The van der Waals surface area contributed by atoms with E-state index < -0.39 is 5.97 Å². The molecule has 30 heavy (non-hydrogen) atoms. The Bertz CT molecular complexity index is 997. The number of fused-ring (bicyclic) bond motifs is 1. The van der Waals surface area contributed by atoms with Crippen molar-refractivity contribution in [2.45, 2.75) is 6.92 Å². The second kappa shape index (κ2) is 8.87. The van der Waals surface area contributed by atoms with Gasteiger partial charge in [-0.05, 0) is 42.8 Å². The quantitative estimate of drug-likeness (QED) is 0.388. The third-order valence-electron chi connectivity index (χ3n) is 4.51. The number of ether oxygens (including phenoxy) is 6. The molecule has 1 heterocycles. The average Bonchev–Trinajstić information content (AvgIpc) is 3.05. The monoisotopic (exact) mass is 414 g/mol. The maximum atomic E-state index is 12.8. The summed E-state index contributed by atoms with van der Waals surface area (Å²) in [6, 6.07) is 6.54. The molecule has 2 aromatic carbocycles. The van der Waals surface area contributed by atoms with Crippen molar-refractivity contribution >= 4 is 17.8 Å². The number of ketones is 1. The van der Waals surface area contributed by atoms with Gasteiger partial charge in [0.2, 0.25) is 11.5 Å². The van der Waals surface area contributed by atoms with Crippen LogP contribution in [0.3, 0.4) is 0 Å². The van der Waals surface area contributed by atoms with E-state index in [2.05, 4.69) is 0 Å². The molecule has 8 heteroatoms. The van der Waals surface area contributed by atoms with E-state index in [9.17, 15) is 9.59 Å². The molecule has 0 spiro atoms. The highest BCUT2D eigenvalue weighted by Gasteiger charge is 2.30. The van der Waals surface area contributed by atoms with Gasteiger partial charge in [-0.2, -0.15) is 0 Å². The second-order valence-electron chi connectivity index (χ2n) is 6.37. The molecule has 0 saturated heterocycles. The smallest absolute Gasteiger partial charge is 0.337 e. The maximum absolute atomic E-state index is 12.8. The van der Waals surface area contributed by atoms with Gasteiger partial charge in [-0.3, -0.25) is 4.79 Å². The summed E-state index contributed by atoms with van der Waals surface area (Å²) in [6.07, 6.45) is 1.59. The fraction of sp³-hybridized carbons (Fsp3) is 0.273. The zero-order valence-electron chi connectivity index (χ0n) is 17.4. The van der Waals surface area contributed by atoms with E-state index in [1.165, 1.54) is 28.4 Å². The SMILES string of the molecule is COCC(=O)Oc1ccc2c(c1C)O/C(=C\c1cc(OC)c(OC)c(OC)c1)C2=O. The Morgan fingerprint density at radius 1 is 1.00 bits per heavy atom. The third kappa shape index (κ3) is 3.95. The minimum Gasteiger partial charge on any atom is -0.493 e. The molecule has 0 N–H and O–H groups in total. The van der Waals surface area contributed by atoms with E-state index in [0.717, 1.165) is 0 Å². The van der Waals surface area contributed by atoms with Gasteiger partial charge >= 0.3 is 5.97 Å². The van der Waals surface area contributed by atoms with Crippen molar-refractivity contribution in [3.8, 4) is 28.7 Å². The predicted molar refractivity (Wildman–Crippen MR) is 108 cm³/mol. The first-order valence-corrected chi connectivity index (χ1v) is 9.01. The number of Topliss-reactive ketones (excluding diaryl/α,β-unsaturated/α-hetero) is 1. The molecule has 8 nitrogen and oxygen atoms in total. The van der Waals surface area contributed by atoms with Crippen LogP contribution in [0.1, 0.15) is 21.5 Å². The van der Waals surface area contributed by atoms with Crippen molar-refractivity contribution in [1.82, 2.24) is 0 Å². The van der Waals surface area contributed by atoms with Crippen LogP contribution < -0.4 is 23.7 Å². The second-order valence-corrected chi connectivity index (χ2v) is 6.37. The molecule has 0 aliphatic carbocycles. The summed E-state index contributed by atoms with van der Waals surface area (Å²) in [5.41, 5.74) is 1.56. The van der Waals surface area contributed by atoms with Crippen LogP contribution in [-0.4, -0.2) is 46.8 Å². The van der Waals surface area contributed by atoms with Crippen LogP contribution >= 0.6 is 0 Å². The molecule has 1 aliphatic heterocycles. The number of rotatable bonds is 7. The maximum Gasteiger partial charge on any atom is 0.337 e. The minimum absolute atomic E-state index is 0.128. The summed E-state index contributed by atoms with van der Waals surface area (Å²) >= 11 is 0. The van der Waals surface area contributed by atoms with E-state index in [1.807, 2.05) is 0 Å².